The predicted molar refractivity (Wildman–Crippen MR) is 177 cm³/mol. The van der Waals surface area contributed by atoms with Gasteiger partial charge in [-0.2, -0.15) is 0 Å². The molecule has 4 unspecified atom stereocenters. The zero-order chi connectivity index (χ0) is 28.0. The number of hydrogen-bond donors (Lipinski definition) is 1. The fourth-order valence-electron chi connectivity index (χ4n) is 6.37. The molecule has 0 spiro atoms. The number of para-hydroxylation sites is 3. The van der Waals surface area contributed by atoms with Crippen molar-refractivity contribution in [1.29, 1.82) is 0 Å². The van der Waals surface area contributed by atoms with Gasteiger partial charge in [-0.1, -0.05) is 103 Å². The normalized spacial score (nSPS) is 22.8. The van der Waals surface area contributed by atoms with Gasteiger partial charge in [-0.15, -0.1) is 0 Å². The molecule has 1 saturated heterocycles. The van der Waals surface area contributed by atoms with Crippen molar-refractivity contribution in [1.82, 2.24) is 9.62 Å². The molecule has 8 rings (SSSR count). The molecule has 0 amide bonds. The van der Waals surface area contributed by atoms with E-state index in [-0.39, 0.29) is 6.17 Å². The minimum Gasteiger partial charge on any atom is -0.336 e. The highest BCUT2D eigenvalue weighted by molar-refractivity contribution is 7.99. The van der Waals surface area contributed by atoms with Gasteiger partial charge < -0.3 is 9.80 Å². The summed E-state index contributed by atoms with van der Waals surface area (Å²) in [4.78, 5) is 7.61. The van der Waals surface area contributed by atoms with Crippen LogP contribution >= 0.6 is 23.7 Å². The standard InChI is InChI=1S/C36H32N4S2/c1-38-35(25-13-5-2-6-14-25)37-36(42-38)29-24-32(29)40-30-19-11-12-20-33(30)41-34-23-28(21-22-31(34)40)39(26-15-7-3-8-16-26)27-17-9-4-10-18-27/h2-23,29,32,35-37H,24H2,1H3. The van der Waals surface area contributed by atoms with Crippen LogP contribution < -0.4 is 15.1 Å². The number of hydrogen-bond acceptors (Lipinski definition) is 6. The Labute approximate surface area is 256 Å². The maximum absolute atomic E-state index is 3.95. The van der Waals surface area contributed by atoms with Crippen LogP contribution in [0, 0.1) is 5.92 Å². The molecule has 0 radical (unpaired) electrons. The van der Waals surface area contributed by atoms with E-state index in [2.05, 4.69) is 160 Å². The van der Waals surface area contributed by atoms with Crippen LogP contribution in [-0.2, 0) is 0 Å². The van der Waals surface area contributed by atoms with E-state index in [0.717, 1.165) is 11.4 Å². The Morgan fingerprint density at radius 3 is 2.00 bits per heavy atom. The van der Waals surface area contributed by atoms with Gasteiger partial charge in [-0.05, 0) is 73.6 Å². The van der Waals surface area contributed by atoms with Crippen molar-refractivity contribution < 1.29 is 0 Å². The summed E-state index contributed by atoms with van der Waals surface area (Å²) in [6.45, 7) is 0. The molecule has 2 fully saturated rings. The largest absolute Gasteiger partial charge is 0.336 e. The molecule has 0 bridgehead atoms. The van der Waals surface area contributed by atoms with Crippen LogP contribution in [0.4, 0.5) is 28.4 Å². The maximum Gasteiger partial charge on any atom is 0.0961 e. The van der Waals surface area contributed by atoms with E-state index in [0.29, 0.717) is 17.3 Å². The molecular formula is C36H32N4S2. The van der Waals surface area contributed by atoms with Gasteiger partial charge in [0.05, 0.1) is 22.9 Å². The van der Waals surface area contributed by atoms with E-state index in [1.807, 2.05) is 23.7 Å². The molecule has 208 valence electrons. The van der Waals surface area contributed by atoms with Crippen molar-refractivity contribution in [2.75, 3.05) is 16.8 Å². The number of fused-ring (bicyclic) bond motifs is 2. The van der Waals surface area contributed by atoms with E-state index in [9.17, 15) is 0 Å². The lowest BCUT2D eigenvalue weighted by Crippen LogP contribution is -2.31. The van der Waals surface area contributed by atoms with Crippen molar-refractivity contribution in [2.45, 2.75) is 33.8 Å². The van der Waals surface area contributed by atoms with E-state index >= 15 is 0 Å². The molecule has 42 heavy (non-hydrogen) atoms. The number of rotatable bonds is 6. The first-order valence-corrected chi connectivity index (χ1v) is 16.2. The topological polar surface area (TPSA) is 21.8 Å². The smallest absolute Gasteiger partial charge is 0.0961 e. The molecule has 1 aliphatic carbocycles. The molecule has 5 aromatic rings. The lowest BCUT2D eigenvalue weighted by Gasteiger charge is -2.35. The first kappa shape index (κ1) is 26.0. The molecule has 1 saturated carbocycles. The van der Waals surface area contributed by atoms with Gasteiger partial charge in [0.15, 0.2) is 0 Å². The van der Waals surface area contributed by atoms with Crippen molar-refractivity contribution >= 4 is 52.1 Å². The summed E-state index contributed by atoms with van der Waals surface area (Å²) in [6, 6.07) is 48.5. The highest BCUT2D eigenvalue weighted by Crippen LogP contribution is 2.57. The number of nitrogens with zero attached hydrogens (tertiary/aromatic N) is 3. The highest BCUT2D eigenvalue weighted by atomic mass is 32.2. The molecule has 6 heteroatoms. The van der Waals surface area contributed by atoms with Crippen LogP contribution in [0.15, 0.2) is 143 Å². The third-order valence-corrected chi connectivity index (χ3v) is 10.8. The summed E-state index contributed by atoms with van der Waals surface area (Å²) in [5.41, 5.74) is 7.45. The zero-order valence-corrected chi connectivity index (χ0v) is 25.0. The van der Waals surface area contributed by atoms with Crippen molar-refractivity contribution in [3.05, 3.63) is 139 Å². The Balaban J connectivity index is 1.13. The number of nitrogens with one attached hydrogen (secondary N) is 1. The number of benzene rings is 5. The van der Waals surface area contributed by atoms with Crippen LogP contribution in [0.1, 0.15) is 18.2 Å². The molecule has 3 aliphatic rings. The van der Waals surface area contributed by atoms with Crippen LogP contribution in [-0.4, -0.2) is 22.8 Å². The van der Waals surface area contributed by atoms with E-state index in [1.165, 1.54) is 38.8 Å². The highest BCUT2D eigenvalue weighted by Gasteiger charge is 2.52. The monoisotopic (exact) mass is 584 g/mol. The van der Waals surface area contributed by atoms with Crippen molar-refractivity contribution in [3.8, 4) is 0 Å². The first-order chi connectivity index (χ1) is 20.7. The molecule has 5 aromatic carbocycles. The van der Waals surface area contributed by atoms with Crippen molar-refractivity contribution in [2.24, 2.45) is 5.92 Å². The third kappa shape index (κ3) is 4.69. The van der Waals surface area contributed by atoms with Gasteiger partial charge in [0.1, 0.15) is 0 Å². The van der Waals surface area contributed by atoms with Crippen LogP contribution in [0.3, 0.4) is 0 Å². The lowest BCUT2D eigenvalue weighted by molar-refractivity contribution is 0.373. The average Bonchev–Trinajstić information content (AvgIpc) is 3.74. The Kier molecular flexibility index (Phi) is 6.72. The molecule has 2 aliphatic heterocycles. The van der Waals surface area contributed by atoms with Crippen LogP contribution in [0.2, 0.25) is 0 Å². The minimum absolute atomic E-state index is 0.239. The second-order valence-electron chi connectivity index (χ2n) is 11.1. The summed E-state index contributed by atoms with van der Waals surface area (Å²) < 4.78 is 2.39. The third-order valence-electron chi connectivity index (χ3n) is 8.44. The number of anilines is 5. The minimum atomic E-state index is 0.239. The second-order valence-corrected chi connectivity index (χ2v) is 13.5. The average molecular weight is 585 g/mol. The van der Waals surface area contributed by atoms with Gasteiger partial charge in [0, 0.05) is 38.8 Å². The van der Waals surface area contributed by atoms with Gasteiger partial charge in [-0.3, -0.25) is 5.32 Å². The Morgan fingerprint density at radius 2 is 1.29 bits per heavy atom. The zero-order valence-electron chi connectivity index (χ0n) is 23.4. The quantitative estimate of drug-likeness (QED) is 0.199. The lowest BCUT2D eigenvalue weighted by atomic mass is 10.1. The predicted octanol–water partition coefficient (Wildman–Crippen LogP) is 9.36. The molecule has 4 nitrogen and oxygen atoms in total. The fraction of sp³-hybridized carbons (Fsp3) is 0.167. The van der Waals surface area contributed by atoms with Gasteiger partial charge in [0.25, 0.3) is 0 Å². The van der Waals surface area contributed by atoms with Gasteiger partial charge in [0.2, 0.25) is 0 Å². The van der Waals surface area contributed by atoms with E-state index in [4.69, 9.17) is 0 Å². The van der Waals surface area contributed by atoms with E-state index < -0.39 is 0 Å². The Hall–Kier alpha value is -3.68. The molecule has 4 atom stereocenters. The summed E-state index contributed by atoms with van der Waals surface area (Å²) in [6.07, 6.45) is 1.42. The Morgan fingerprint density at radius 1 is 0.667 bits per heavy atom. The van der Waals surface area contributed by atoms with Crippen LogP contribution in [0.25, 0.3) is 0 Å². The van der Waals surface area contributed by atoms with Gasteiger partial charge in [-0.25, -0.2) is 4.31 Å². The summed E-state index contributed by atoms with van der Waals surface area (Å²) >= 11 is 3.84. The van der Waals surface area contributed by atoms with Gasteiger partial charge >= 0.3 is 0 Å². The summed E-state index contributed by atoms with van der Waals surface area (Å²) in [7, 11) is 2.21. The summed E-state index contributed by atoms with van der Waals surface area (Å²) in [5, 5.41) is 4.34. The Bertz CT molecular complexity index is 1660. The molecule has 2 heterocycles. The fourth-order valence-corrected chi connectivity index (χ4v) is 8.78. The molecular weight excluding hydrogens is 553 g/mol. The van der Waals surface area contributed by atoms with E-state index in [1.54, 1.807) is 0 Å². The second kappa shape index (κ2) is 10.9. The molecule has 1 N–H and O–H groups in total. The summed E-state index contributed by atoms with van der Waals surface area (Å²) in [5.74, 6) is 0.569. The first-order valence-electron chi connectivity index (χ1n) is 14.6. The maximum atomic E-state index is 3.95. The van der Waals surface area contributed by atoms with Crippen LogP contribution in [0.5, 0.6) is 0 Å². The van der Waals surface area contributed by atoms with Crippen molar-refractivity contribution in [3.63, 3.8) is 0 Å². The SMILES string of the molecule is CN1SC(C2CC2N2c3ccccc3Sc3cc(N(c4ccccc4)c4ccccc4)ccc32)NC1c1ccccc1. The molecule has 0 aromatic heterocycles.